The fraction of sp³-hybridized carbons (Fsp3) is 0.368. The summed E-state index contributed by atoms with van der Waals surface area (Å²) >= 11 is 0. The van der Waals surface area contributed by atoms with E-state index in [1.165, 1.54) is 13.2 Å². The molecule has 1 N–H and O–H groups in total. The predicted octanol–water partition coefficient (Wildman–Crippen LogP) is 2.01. The van der Waals surface area contributed by atoms with E-state index in [1.807, 2.05) is 13.0 Å². The number of nitrogens with zero attached hydrogens (tertiary/aromatic N) is 2. The van der Waals surface area contributed by atoms with E-state index in [2.05, 4.69) is 5.32 Å². The number of nitrogens with one attached hydrogen (secondary N) is 1. The predicted molar refractivity (Wildman–Crippen MR) is 101 cm³/mol. The van der Waals surface area contributed by atoms with Crippen LogP contribution in [0.25, 0.3) is 0 Å². The largest absolute Gasteiger partial charge is 0.493 e. The third-order valence-corrected chi connectivity index (χ3v) is 4.56. The van der Waals surface area contributed by atoms with Gasteiger partial charge in [-0.25, -0.2) is 4.79 Å². The van der Waals surface area contributed by atoms with E-state index in [9.17, 15) is 9.59 Å². The quantitative estimate of drug-likeness (QED) is 0.867. The van der Waals surface area contributed by atoms with Gasteiger partial charge in [-0.1, -0.05) is 6.07 Å². The van der Waals surface area contributed by atoms with Crippen LogP contribution in [0, 0.1) is 6.92 Å². The van der Waals surface area contributed by atoms with Gasteiger partial charge in [0.25, 0.3) is 5.56 Å². The van der Waals surface area contributed by atoms with Crippen LogP contribution in [0.4, 0.5) is 10.5 Å². The zero-order valence-electron chi connectivity index (χ0n) is 15.8. The molecule has 0 spiro atoms. The van der Waals surface area contributed by atoms with Gasteiger partial charge in [0, 0.05) is 18.8 Å². The summed E-state index contributed by atoms with van der Waals surface area (Å²) in [4.78, 5) is 25.9. The lowest BCUT2D eigenvalue weighted by molar-refractivity contribution is 0.0490. The molecule has 1 fully saturated rings. The van der Waals surface area contributed by atoms with Gasteiger partial charge in [0.1, 0.15) is 11.9 Å². The molecule has 0 radical (unpaired) electrons. The van der Waals surface area contributed by atoms with Crippen molar-refractivity contribution in [2.24, 2.45) is 7.05 Å². The van der Waals surface area contributed by atoms with E-state index >= 15 is 0 Å². The van der Waals surface area contributed by atoms with Crippen molar-refractivity contribution in [2.45, 2.75) is 13.0 Å². The summed E-state index contributed by atoms with van der Waals surface area (Å²) in [5.74, 6) is 1.54. The van der Waals surface area contributed by atoms with Gasteiger partial charge < -0.3 is 29.0 Å². The Balaban J connectivity index is 1.59. The number of ether oxygens (including phenoxy) is 3. The minimum absolute atomic E-state index is 0.121. The Kier molecular flexibility index (Phi) is 5.25. The van der Waals surface area contributed by atoms with Gasteiger partial charge >= 0.3 is 6.03 Å². The minimum Gasteiger partial charge on any atom is -0.493 e. The summed E-state index contributed by atoms with van der Waals surface area (Å²) in [6.07, 6.45) is -0.144. The van der Waals surface area contributed by atoms with Crippen molar-refractivity contribution in [1.29, 1.82) is 0 Å². The van der Waals surface area contributed by atoms with Crippen molar-refractivity contribution in [2.75, 3.05) is 32.6 Å². The Morgan fingerprint density at radius 2 is 1.93 bits per heavy atom. The van der Waals surface area contributed by atoms with Crippen LogP contribution in [-0.4, -0.2) is 48.9 Å². The van der Waals surface area contributed by atoms with Gasteiger partial charge in [-0.3, -0.25) is 4.79 Å². The summed E-state index contributed by atoms with van der Waals surface area (Å²) < 4.78 is 17.9. The summed E-state index contributed by atoms with van der Waals surface area (Å²) in [5.41, 5.74) is 1.23. The van der Waals surface area contributed by atoms with Crippen molar-refractivity contribution in [3.05, 3.63) is 46.4 Å². The van der Waals surface area contributed by atoms with E-state index in [-0.39, 0.29) is 17.7 Å². The molecule has 27 heavy (non-hydrogen) atoms. The molecule has 2 aromatic rings. The lowest BCUT2D eigenvalue weighted by Gasteiger charge is -2.38. The van der Waals surface area contributed by atoms with E-state index in [4.69, 9.17) is 14.2 Å². The van der Waals surface area contributed by atoms with Crippen molar-refractivity contribution >= 4 is 11.7 Å². The van der Waals surface area contributed by atoms with Crippen molar-refractivity contribution in [1.82, 2.24) is 9.47 Å². The average Bonchev–Trinajstić information content (AvgIpc) is 2.61. The van der Waals surface area contributed by atoms with Crippen LogP contribution in [0.2, 0.25) is 0 Å². The number of anilines is 1. The first kappa shape index (κ1) is 18.6. The molecule has 1 aliphatic rings. The molecule has 1 saturated heterocycles. The zero-order chi connectivity index (χ0) is 19.6. The van der Waals surface area contributed by atoms with Crippen LogP contribution in [0.3, 0.4) is 0 Å². The number of methoxy groups -OCH3 is 2. The minimum atomic E-state index is -0.249. The molecule has 0 unspecified atom stereocenters. The number of aromatic nitrogens is 1. The Morgan fingerprint density at radius 3 is 2.56 bits per heavy atom. The molecule has 0 atom stereocenters. The molecule has 3 rings (SSSR count). The number of urea groups is 1. The first-order valence-corrected chi connectivity index (χ1v) is 8.54. The van der Waals surface area contributed by atoms with Gasteiger partial charge in [-0.2, -0.15) is 0 Å². The Bertz CT molecular complexity index is 903. The molecular weight excluding hydrogens is 350 g/mol. The van der Waals surface area contributed by atoms with E-state index in [0.717, 1.165) is 5.69 Å². The Hall–Kier alpha value is -3.16. The maximum Gasteiger partial charge on any atom is 0.322 e. The molecule has 8 heteroatoms. The molecule has 2 amide bonds. The van der Waals surface area contributed by atoms with Crippen molar-refractivity contribution in [3.8, 4) is 17.2 Å². The fourth-order valence-electron chi connectivity index (χ4n) is 2.86. The molecule has 0 aliphatic carbocycles. The number of hydrogen-bond acceptors (Lipinski definition) is 5. The van der Waals surface area contributed by atoms with Crippen LogP contribution < -0.4 is 25.1 Å². The Labute approximate surface area is 157 Å². The topological polar surface area (TPSA) is 82.0 Å². The molecule has 1 aliphatic heterocycles. The number of rotatable bonds is 5. The lowest BCUT2D eigenvalue weighted by atomic mass is 10.2. The van der Waals surface area contributed by atoms with E-state index in [0.29, 0.717) is 36.0 Å². The second-order valence-corrected chi connectivity index (χ2v) is 6.35. The van der Waals surface area contributed by atoms with Crippen LogP contribution >= 0.6 is 0 Å². The lowest BCUT2D eigenvalue weighted by Crippen LogP contribution is -2.57. The van der Waals surface area contributed by atoms with E-state index in [1.54, 1.807) is 41.8 Å². The summed E-state index contributed by atoms with van der Waals surface area (Å²) in [6.45, 7) is 2.72. The Morgan fingerprint density at radius 1 is 1.19 bits per heavy atom. The smallest absolute Gasteiger partial charge is 0.322 e. The van der Waals surface area contributed by atoms with E-state index < -0.39 is 0 Å². The zero-order valence-corrected chi connectivity index (χ0v) is 15.8. The van der Waals surface area contributed by atoms with Gasteiger partial charge in [-0.05, 0) is 25.1 Å². The second kappa shape index (κ2) is 7.61. The molecule has 2 heterocycles. The number of carbonyl (C=O) groups excluding carboxylic acids is 1. The molecule has 1 aromatic heterocycles. The molecular formula is C19H23N3O5. The maximum atomic E-state index is 12.4. The van der Waals surface area contributed by atoms with Crippen LogP contribution in [-0.2, 0) is 7.05 Å². The monoisotopic (exact) mass is 373 g/mol. The average molecular weight is 373 g/mol. The number of benzene rings is 1. The highest BCUT2D eigenvalue weighted by atomic mass is 16.5. The number of aryl methyl sites for hydroxylation is 1. The molecule has 144 valence electrons. The SMILES string of the molecule is COc1cccc(NC(=O)N2CC(Oc3cc(C)n(C)c(=O)c3)C2)c1OC. The van der Waals surface area contributed by atoms with Gasteiger partial charge in [0.2, 0.25) is 0 Å². The van der Waals surface area contributed by atoms with Crippen LogP contribution in [0.1, 0.15) is 5.69 Å². The summed E-state index contributed by atoms with van der Waals surface area (Å²) in [6, 6.07) is 8.30. The van der Waals surface area contributed by atoms with Crippen molar-refractivity contribution in [3.63, 3.8) is 0 Å². The van der Waals surface area contributed by atoms with Gasteiger partial charge in [0.15, 0.2) is 11.5 Å². The molecule has 8 nitrogen and oxygen atoms in total. The third-order valence-electron chi connectivity index (χ3n) is 4.56. The number of amides is 2. The number of hydrogen-bond donors (Lipinski definition) is 1. The van der Waals surface area contributed by atoms with Gasteiger partial charge in [0.05, 0.1) is 33.0 Å². The fourth-order valence-corrected chi connectivity index (χ4v) is 2.86. The maximum absolute atomic E-state index is 12.4. The third kappa shape index (κ3) is 3.84. The second-order valence-electron chi connectivity index (χ2n) is 6.35. The van der Waals surface area contributed by atoms with Crippen molar-refractivity contribution < 1.29 is 19.0 Å². The highest BCUT2D eigenvalue weighted by molar-refractivity contribution is 5.92. The number of carbonyl (C=O) groups is 1. The molecule has 1 aromatic carbocycles. The molecule has 0 bridgehead atoms. The number of para-hydroxylation sites is 1. The van der Waals surface area contributed by atoms with Gasteiger partial charge in [-0.15, -0.1) is 0 Å². The highest BCUT2D eigenvalue weighted by Gasteiger charge is 2.33. The normalized spacial score (nSPS) is 13.7. The highest BCUT2D eigenvalue weighted by Crippen LogP contribution is 2.35. The number of likely N-dealkylation sites (tertiary alicyclic amines) is 1. The summed E-state index contributed by atoms with van der Waals surface area (Å²) in [7, 11) is 4.77. The number of pyridine rings is 1. The first-order chi connectivity index (χ1) is 12.9. The summed E-state index contributed by atoms with van der Waals surface area (Å²) in [5, 5.41) is 2.82. The molecule has 0 saturated carbocycles. The first-order valence-electron chi connectivity index (χ1n) is 8.54. The van der Waals surface area contributed by atoms with Crippen LogP contribution in [0.15, 0.2) is 35.1 Å². The van der Waals surface area contributed by atoms with Crippen LogP contribution in [0.5, 0.6) is 17.2 Å². The standard InChI is InChI=1S/C19H23N3O5/c1-12-8-13(9-17(23)21(12)2)27-14-10-22(11-14)19(24)20-15-6-5-7-16(25-3)18(15)26-4/h5-9,14H,10-11H2,1-4H3,(H,20,24).